The number of hydrogen-bond acceptors (Lipinski definition) is 11. The van der Waals surface area contributed by atoms with Crippen LogP contribution in [-0.4, -0.2) is 53.0 Å². The Labute approximate surface area is 174 Å². The summed E-state index contributed by atoms with van der Waals surface area (Å²) in [6, 6.07) is 0. The van der Waals surface area contributed by atoms with Crippen molar-refractivity contribution in [2.24, 2.45) is 0 Å². The molecule has 0 spiro atoms. The van der Waals surface area contributed by atoms with E-state index in [1.807, 2.05) is 0 Å². The van der Waals surface area contributed by atoms with Crippen LogP contribution in [0.2, 0.25) is 0 Å². The predicted octanol–water partition coefficient (Wildman–Crippen LogP) is -0.811. The maximum atomic E-state index is 12.1. The van der Waals surface area contributed by atoms with Gasteiger partial charge in [-0.1, -0.05) is 5.92 Å². The Bertz CT molecular complexity index is 1090. The molecule has 1 aliphatic heterocycles. The first kappa shape index (κ1) is 25.8. The fourth-order valence-electron chi connectivity index (χ4n) is 2.43. The average Bonchev–Trinajstić information content (AvgIpc) is 2.93. The summed E-state index contributed by atoms with van der Waals surface area (Å²) < 4.78 is 51.6. The molecule has 2 heterocycles. The molecule has 1 fully saturated rings. The van der Waals surface area contributed by atoms with Gasteiger partial charge < -0.3 is 35.2 Å². The van der Waals surface area contributed by atoms with Crippen LogP contribution in [0.5, 0.6) is 0 Å². The maximum Gasteiger partial charge on any atom is 0.490 e. The molecule has 1 aromatic heterocycles. The van der Waals surface area contributed by atoms with Gasteiger partial charge in [0, 0.05) is 12.6 Å². The highest BCUT2D eigenvalue weighted by Gasteiger charge is 2.43. The largest absolute Gasteiger partial charge is 0.490 e. The van der Waals surface area contributed by atoms with Gasteiger partial charge in [0.2, 0.25) is 0 Å². The van der Waals surface area contributed by atoms with E-state index in [0.29, 0.717) is 0 Å². The molecule has 174 valence electrons. The zero-order valence-corrected chi connectivity index (χ0v) is 18.2. The van der Waals surface area contributed by atoms with E-state index >= 15 is 0 Å². The topological polar surface area (TPSA) is 250 Å². The van der Waals surface area contributed by atoms with E-state index in [9.17, 15) is 28.5 Å². The lowest BCUT2D eigenvalue weighted by molar-refractivity contribution is -0.0449. The van der Waals surface area contributed by atoms with Crippen LogP contribution in [0.3, 0.4) is 0 Å². The summed E-state index contributed by atoms with van der Waals surface area (Å²) in [6.45, 7) is 0.656. The van der Waals surface area contributed by atoms with Crippen molar-refractivity contribution in [3.05, 3.63) is 22.2 Å². The number of phosphoric acid groups is 3. The summed E-state index contributed by atoms with van der Waals surface area (Å²) in [5.41, 5.74) is 5.01. The number of nitrogens with zero attached hydrogens (tertiary/aromatic N) is 2. The van der Waals surface area contributed by atoms with Crippen LogP contribution in [0.15, 0.2) is 11.0 Å². The highest BCUT2D eigenvalue weighted by molar-refractivity contribution is 7.66. The van der Waals surface area contributed by atoms with Crippen molar-refractivity contribution in [2.45, 2.75) is 31.8 Å². The molecule has 0 aromatic carbocycles. The standard InChI is InChI=1S/C12H18N3O13P3/c1-2-3-7-5-15(12(17)14-11(7)13)10-4-8(16)9(26-10)6-25-30(21,22)28-31(23,24)27-29(18,19)20/h5,8-10,16H,4,6H2,1H3,(H,21,22)(H,23,24)(H2,13,14,17)(H2,18,19,20). The minimum atomic E-state index is -5.68. The molecule has 0 bridgehead atoms. The maximum absolute atomic E-state index is 12.1. The number of rotatable bonds is 8. The molecule has 16 nitrogen and oxygen atoms in total. The second-order valence-electron chi connectivity index (χ2n) is 5.92. The second-order valence-corrected chi connectivity index (χ2v) is 10.3. The minimum absolute atomic E-state index is 0.113. The molecule has 19 heteroatoms. The Morgan fingerprint density at radius 3 is 2.48 bits per heavy atom. The van der Waals surface area contributed by atoms with Crippen LogP contribution in [0, 0.1) is 11.8 Å². The molecule has 1 saturated heterocycles. The fraction of sp³-hybridized carbons (Fsp3) is 0.500. The number of anilines is 1. The molecule has 0 aliphatic carbocycles. The monoisotopic (exact) mass is 505 g/mol. The summed E-state index contributed by atoms with van der Waals surface area (Å²) in [5.74, 6) is 5.09. The van der Waals surface area contributed by atoms with Crippen molar-refractivity contribution in [3.63, 3.8) is 0 Å². The van der Waals surface area contributed by atoms with Gasteiger partial charge in [-0.3, -0.25) is 9.09 Å². The van der Waals surface area contributed by atoms with Crippen LogP contribution in [0.4, 0.5) is 5.82 Å². The van der Waals surface area contributed by atoms with Crippen LogP contribution < -0.4 is 11.4 Å². The number of aromatic nitrogens is 2. The molecular weight excluding hydrogens is 487 g/mol. The van der Waals surface area contributed by atoms with E-state index in [1.165, 1.54) is 13.1 Å². The van der Waals surface area contributed by atoms with Gasteiger partial charge in [0.25, 0.3) is 0 Å². The van der Waals surface area contributed by atoms with E-state index in [2.05, 4.69) is 30.0 Å². The van der Waals surface area contributed by atoms with Gasteiger partial charge in [-0.15, -0.1) is 5.92 Å². The Hall–Kier alpha value is -1.43. The third-order valence-corrected chi connectivity index (χ3v) is 7.38. The van der Waals surface area contributed by atoms with E-state index < -0.39 is 54.2 Å². The predicted molar refractivity (Wildman–Crippen MR) is 99.8 cm³/mol. The normalized spacial score (nSPS) is 25.3. The van der Waals surface area contributed by atoms with Crippen LogP contribution >= 0.6 is 23.5 Å². The highest BCUT2D eigenvalue weighted by Crippen LogP contribution is 2.66. The molecule has 1 aliphatic rings. The van der Waals surface area contributed by atoms with Gasteiger partial charge in [-0.2, -0.15) is 13.6 Å². The molecule has 0 saturated carbocycles. The van der Waals surface area contributed by atoms with Crippen molar-refractivity contribution >= 4 is 29.3 Å². The third-order valence-electron chi connectivity index (χ3n) is 3.57. The summed E-state index contributed by atoms with van der Waals surface area (Å²) in [7, 11) is -16.6. The molecule has 5 unspecified atom stereocenters. The molecule has 5 atom stereocenters. The van der Waals surface area contributed by atoms with Gasteiger partial charge in [0.05, 0.1) is 18.3 Å². The number of hydrogen-bond donors (Lipinski definition) is 6. The van der Waals surface area contributed by atoms with Gasteiger partial charge in [-0.25, -0.2) is 18.5 Å². The lowest BCUT2D eigenvalue weighted by atomic mass is 10.2. The molecule has 31 heavy (non-hydrogen) atoms. The van der Waals surface area contributed by atoms with Gasteiger partial charge in [0.15, 0.2) is 0 Å². The van der Waals surface area contributed by atoms with E-state index in [1.54, 1.807) is 0 Å². The first-order chi connectivity index (χ1) is 14.1. The highest BCUT2D eigenvalue weighted by atomic mass is 31.3. The number of phosphoric ester groups is 1. The number of ether oxygens (including phenoxy) is 1. The Balaban J connectivity index is 2.07. The summed E-state index contributed by atoms with van der Waals surface area (Å²) in [6.07, 6.45) is -2.62. The Morgan fingerprint density at radius 2 is 1.90 bits per heavy atom. The van der Waals surface area contributed by atoms with Crippen molar-refractivity contribution in [2.75, 3.05) is 12.3 Å². The second kappa shape index (κ2) is 9.60. The summed E-state index contributed by atoms with van der Waals surface area (Å²) >= 11 is 0. The van der Waals surface area contributed by atoms with Crippen molar-refractivity contribution < 1.29 is 56.3 Å². The summed E-state index contributed by atoms with van der Waals surface area (Å²) in [4.78, 5) is 51.2. The number of aliphatic hydroxyl groups excluding tert-OH is 1. The van der Waals surface area contributed by atoms with Crippen molar-refractivity contribution in [1.29, 1.82) is 0 Å². The van der Waals surface area contributed by atoms with Crippen molar-refractivity contribution in [1.82, 2.24) is 9.55 Å². The molecular formula is C12H18N3O13P3. The van der Waals surface area contributed by atoms with Gasteiger partial charge in [-0.05, 0) is 6.92 Å². The Kier molecular flexibility index (Phi) is 8.00. The van der Waals surface area contributed by atoms with Crippen LogP contribution in [0.25, 0.3) is 0 Å². The quantitative estimate of drug-likeness (QED) is 0.187. The molecule has 0 amide bonds. The fourth-order valence-corrected chi connectivity index (χ4v) is 5.46. The molecule has 2 rings (SSSR count). The zero-order valence-electron chi connectivity index (χ0n) is 15.5. The number of nitrogen functional groups attached to an aromatic ring is 1. The average molecular weight is 505 g/mol. The van der Waals surface area contributed by atoms with Crippen LogP contribution in [-0.2, 0) is 31.6 Å². The molecule has 7 N–H and O–H groups in total. The summed E-state index contributed by atoms with van der Waals surface area (Å²) in [5, 5.41) is 10.1. The lowest BCUT2D eigenvalue weighted by Gasteiger charge is -2.19. The van der Waals surface area contributed by atoms with Crippen molar-refractivity contribution in [3.8, 4) is 11.8 Å². The SMILES string of the molecule is CC#Cc1cn(C2CC(O)C(COP(=O)(O)OP(=O)(O)OP(=O)(O)O)O2)c(=O)nc1N. The number of nitrogens with two attached hydrogens (primary N) is 1. The van der Waals surface area contributed by atoms with E-state index in [0.717, 1.165) is 4.57 Å². The smallest absolute Gasteiger partial charge is 0.390 e. The first-order valence-corrected chi connectivity index (χ1v) is 12.6. The zero-order chi connectivity index (χ0) is 23.6. The molecule has 1 aromatic rings. The van der Waals surface area contributed by atoms with E-state index in [-0.39, 0.29) is 17.8 Å². The Morgan fingerprint density at radius 1 is 1.26 bits per heavy atom. The lowest BCUT2D eigenvalue weighted by Crippen LogP contribution is -2.29. The van der Waals surface area contributed by atoms with E-state index in [4.69, 9.17) is 25.2 Å². The minimum Gasteiger partial charge on any atom is -0.390 e. The van der Waals surface area contributed by atoms with Crippen LogP contribution in [0.1, 0.15) is 25.1 Å². The molecule has 0 radical (unpaired) electrons. The van der Waals surface area contributed by atoms with Gasteiger partial charge >= 0.3 is 29.2 Å². The first-order valence-electron chi connectivity index (χ1n) is 8.06. The number of aliphatic hydroxyl groups is 1. The third kappa shape index (κ3) is 7.58. The van der Waals surface area contributed by atoms with Gasteiger partial charge in [0.1, 0.15) is 18.1 Å².